The highest BCUT2D eigenvalue weighted by molar-refractivity contribution is 7.79. The zero-order chi connectivity index (χ0) is 25.4. The van der Waals surface area contributed by atoms with Gasteiger partial charge in [0.2, 0.25) is 0 Å². The van der Waals surface area contributed by atoms with E-state index in [-0.39, 0.29) is 43.7 Å². The smallest absolute Gasteiger partial charge is 0.323 e. The van der Waals surface area contributed by atoms with Gasteiger partial charge in [-0.15, -0.1) is 0 Å². The number of rotatable bonds is 6. The van der Waals surface area contributed by atoms with Crippen LogP contribution in [0.15, 0.2) is 42.5 Å². The molecule has 0 bridgehead atoms. The van der Waals surface area contributed by atoms with Crippen molar-refractivity contribution in [3.63, 3.8) is 0 Å². The van der Waals surface area contributed by atoms with Gasteiger partial charge in [0.15, 0.2) is 11.1 Å². The number of hydrogen-bond donors (Lipinski definition) is 2. The fourth-order valence-electron chi connectivity index (χ4n) is 4.79. The van der Waals surface area contributed by atoms with Gasteiger partial charge in [-0.05, 0) is 49.7 Å². The number of carboxylic acids is 1. The first-order chi connectivity index (χ1) is 16.6. The molecule has 186 valence electrons. The summed E-state index contributed by atoms with van der Waals surface area (Å²) in [5.74, 6) is -2.43. The lowest BCUT2D eigenvalue weighted by Crippen LogP contribution is -2.55. The second-order valence-electron chi connectivity index (χ2n) is 8.62. The summed E-state index contributed by atoms with van der Waals surface area (Å²) in [4.78, 5) is 28.4. The zero-order valence-corrected chi connectivity index (χ0v) is 20.0. The number of hydrogen-bond acceptors (Lipinski definition) is 4. The molecule has 1 aromatic heterocycles. The first kappa shape index (κ1) is 25.0. The Morgan fingerprint density at radius 1 is 1.11 bits per heavy atom. The van der Waals surface area contributed by atoms with Crippen molar-refractivity contribution in [1.82, 2.24) is 14.4 Å². The summed E-state index contributed by atoms with van der Waals surface area (Å²) in [7, 11) is 0. The number of nitrogens with zero attached hydrogens (tertiary/aromatic N) is 3. The molecule has 0 aliphatic carbocycles. The maximum atomic E-state index is 14.1. The zero-order valence-electron chi connectivity index (χ0n) is 19.1. The molecular weight excluding hydrogens is 480 g/mol. The predicted octanol–water partition coefficient (Wildman–Crippen LogP) is 3.38. The number of halogens is 2. The van der Waals surface area contributed by atoms with Gasteiger partial charge >= 0.3 is 5.97 Å². The van der Waals surface area contributed by atoms with Crippen LogP contribution >= 0.6 is 0 Å². The molecule has 0 radical (unpaired) electrons. The standard InChI is InChI=1S/C24H25F2N3O5S/c1-14-12-27(24(35(33)34)16-3-5-17(25)6-4-16)9-10-28(14)23(32)22-15(2)29(13-21(30)31)20-8-7-18(26)11-19(20)22/h3-8,11,14,24H,9-10,12-13H2,1-2H3,(H,30,31)(H,33,34). The predicted molar refractivity (Wildman–Crippen MR) is 126 cm³/mol. The first-order valence-corrected chi connectivity index (χ1v) is 12.2. The molecule has 3 atom stereocenters. The molecule has 3 aromatic rings. The van der Waals surface area contributed by atoms with Gasteiger partial charge in [-0.1, -0.05) is 12.1 Å². The van der Waals surface area contributed by atoms with Crippen LogP contribution in [0.3, 0.4) is 0 Å². The van der Waals surface area contributed by atoms with Crippen molar-refractivity contribution < 1.29 is 32.2 Å². The number of piperazine rings is 1. The van der Waals surface area contributed by atoms with E-state index < -0.39 is 34.1 Å². The van der Waals surface area contributed by atoms with Crippen LogP contribution < -0.4 is 0 Å². The van der Waals surface area contributed by atoms with Crippen LogP contribution in [-0.4, -0.2) is 65.8 Å². The summed E-state index contributed by atoms with van der Waals surface area (Å²) in [5, 5.41) is 8.77. The van der Waals surface area contributed by atoms with E-state index in [4.69, 9.17) is 0 Å². The molecule has 1 aliphatic rings. The molecule has 35 heavy (non-hydrogen) atoms. The molecule has 2 heterocycles. The Bertz CT molecular complexity index is 1310. The van der Waals surface area contributed by atoms with Gasteiger partial charge in [0, 0.05) is 42.3 Å². The average Bonchev–Trinajstić information content (AvgIpc) is 3.04. The number of benzene rings is 2. The van der Waals surface area contributed by atoms with Gasteiger partial charge in [-0.3, -0.25) is 14.5 Å². The normalized spacial score (nSPS) is 18.5. The van der Waals surface area contributed by atoms with Gasteiger partial charge in [-0.2, -0.15) is 0 Å². The molecule has 1 aliphatic heterocycles. The van der Waals surface area contributed by atoms with Crippen LogP contribution in [0, 0.1) is 18.6 Å². The lowest BCUT2D eigenvalue weighted by Gasteiger charge is -2.42. The van der Waals surface area contributed by atoms with Crippen LogP contribution in [0.1, 0.15) is 33.9 Å². The number of fused-ring (bicyclic) bond motifs is 1. The number of amides is 1. The van der Waals surface area contributed by atoms with E-state index in [1.807, 2.05) is 0 Å². The summed E-state index contributed by atoms with van der Waals surface area (Å²) in [5.41, 5.74) is 1.60. The molecule has 11 heteroatoms. The Labute approximate surface area is 203 Å². The van der Waals surface area contributed by atoms with Crippen molar-refractivity contribution in [2.75, 3.05) is 19.6 Å². The van der Waals surface area contributed by atoms with Crippen molar-refractivity contribution >= 4 is 33.9 Å². The van der Waals surface area contributed by atoms with Crippen LogP contribution in [0.2, 0.25) is 0 Å². The summed E-state index contributed by atoms with van der Waals surface area (Å²) in [6.45, 7) is 3.86. The van der Waals surface area contributed by atoms with Gasteiger partial charge in [-0.25, -0.2) is 13.0 Å². The summed E-state index contributed by atoms with van der Waals surface area (Å²) in [6.07, 6.45) is 0. The van der Waals surface area contributed by atoms with E-state index in [9.17, 15) is 32.2 Å². The first-order valence-electron chi connectivity index (χ1n) is 11.0. The van der Waals surface area contributed by atoms with E-state index in [0.29, 0.717) is 22.2 Å². The summed E-state index contributed by atoms with van der Waals surface area (Å²) < 4.78 is 51.0. The van der Waals surface area contributed by atoms with Crippen molar-refractivity contribution in [2.24, 2.45) is 0 Å². The minimum Gasteiger partial charge on any atom is -0.480 e. The molecule has 1 amide bonds. The van der Waals surface area contributed by atoms with Gasteiger partial charge in [0.05, 0.1) is 5.56 Å². The van der Waals surface area contributed by atoms with Gasteiger partial charge < -0.3 is 19.1 Å². The minimum absolute atomic E-state index is 0.231. The SMILES string of the molecule is Cc1c(C(=O)N2CCN(C(c3ccc(F)cc3)S(=O)O)CC2C)c2cc(F)ccc2n1CC(=O)O. The second-order valence-corrected chi connectivity index (χ2v) is 9.62. The summed E-state index contributed by atoms with van der Waals surface area (Å²) >= 11 is -2.26. The third kappa shape index (κ3) is 4.84. The van der Waals surface area contributed by atoms with Gasteiger partial charge in [0.25, 0.3) is 5.91 Å². The maximum absolute atomic E-state index is 14.1. The molecule has 8 nitrogen and oxygen atoms in total. The van der Waals surface area contributed by atoms with Crippen LogP contribution in [0.4, 0.5) is 8.78 Å². The third-order valence-electron chi connectivity index (χ3n) is 6.39. The highest BCUT2D eigenvalue weighted by Gasteiger charge is 2.36. The van der Waals surface area contributed by atoms with Crippen LogP contribution in [-0.2, 0) is 22.4 Å². The molecule has 0 saturated carbocycles. The van der Waals surface area contributed by atoms with Crippen LogP contribution in [0.25, 0.3) is 10.9 Å². The lowest BCUT2D eigenvalue weighted by molar-refractivity contribution is -0.137. The van der Waals surface area contributed by atoms with E-state index in [0.717, 1.165) is 0 Å². The molecule has 3 unspecified atom stereocenters. The quantitative estimate of drug-likeness (QED) is 0.498. The molecule has 1 saturated heterocycles. The Balaban J connectivity index is 1.63. The topological polar surface area (TPSA) is 103 Å². The monoisotopic (exact) mass is 505 g/mol. The maximum Gasteiger partial charge on any atom is 0.323 e. The highest BCUT2D eigenvalue weighted by Crippen LogP contribution is 2.31. The number of carbonyl (C=O) groups is 2. The van der Waals surface area contributed by atoms with Crippen molar-refractivity contribution in [3.05, 3.63) is 70.9 Å². The third-order valence-corrected chi connectivity index (χ3v) is 7.34. The minimum atomic E-state index is -2.26. The van der Waals surface area contributed by atoms with Crippen molar-refractivity contribution in [2.45, 2.75) is 31.8 Å². The second kappa shape index (κ2) is 9.84. The summed E-state index contributed by atoms with van der Waals surface area (Å²) in [6, 6.07) is 8.93. The Morgan fingerprint density at radius 2 is 1.77 bits per heavy atom. The molecule has 2 aromatic carbocycles. The van der Waals surface area contributed by atoms with Gasteiger partial charge in [0.1, 0.15) is 23.6 Å². The number of carboxylic acid groups (broad SMARTS) is 1. The molecule has 2 N–H and O–H groups in total. The number of aromatic nitrogens is 1. The average molecular weight is 506 g/mol. The van der Waals surface area contributed by atoms with E-state index in [1.165, 1.54) is 47.0 Å². The Kier molecular flexibility index (Phi) is 7.02. The van der Waals surface area contributed by atoms with Crippen molar-refractivity contribution in [1.29, 1.82) is 0 Å². The van der Waals surface area contributed by atoms with E-state index in [2.05, 4.69) is 0 Å². The lowest BCUT2D eigenvalue weighted by atomic mass is 10.1. The Morgan fingerprint density at radius 3 is 2.37 bits per heavy atom. The molecule has 0 spiro atoms. The molecular formula is C24H25F2N3O5S. The largest absolute Gasteiger partial charge is 0.480 e. The van der Waals surface area contributed by atoms with Crippen molar-refractivity contribution in [3.8, 4) is 0 Å². The number of aliphatic carboxylic acids is 1. The van der Waals surface area contributed by atoms with E-state index >= 15 is 0 Å². The van der Waals surface area contributed by atoms with E-state index in [1.54, 1.807) is 23.6 Å². The fraction of sp³-hybridized carbons (Fsp3) is 0.333. The fourth-order valence-corrected chi connectivity index (χ4v) is 5.63. The number of carbonyl (C=O) groups excluding carboxylic acids is 1. The molecule has 4 rings (SSSR count). The Hall–Kier alpha value is -3.15. The molecule has 1 fully saturated rings. The van der Waals surface area contributed by atoms with Crippen LogP contribution in [0.5, 0.6) is 0 Å². The highest BCUT2D eigenvalue weighted by atomic mass is 32.2.